The zero-order valence-electron chi connectivity index (χ0n) is 20.4. The van der Waals surface area contributed by atoms with Gasteiger partial charge in [-0.2, -0.15) is 0 Å². The highest BCUT2D eigenvalue weighted by molar-refractivity contribution is 6.30. The second-order valence-corrected chi connectivity index (χ2v) is 7.73. The standard InChI is InChI=1S/C25H32ClN3O.C2H6/c1-5-7-13-24-28-25(26)23(17-30)29(24)16-20(10-6-2)15-14-18(3)21-11-8-9-12-22(21)19(4)27;1-2/h6,8-12,14-15,27,30H,5,7,13,16-17H2,1-4H3;1-2H3/b10-6-,18-14+,20-15+,27-19?;. The van der Waals surface area contributed by atoms with Gasteiger partial charge >= 0.3 is 0 Å². The topological polar surface area (TPSA) is 61.9 Å². The molecule has 0 saturated carbocycles. The minimum Gasteiger partial charge on any atom is -0.390 e. The van der Waals surface area contributed by atoms with Crippen molar-refractivity contribution in [2.75, 3.05) is 0 Å². The molecule has 1 heterocycles. The molecule has 2 N–H and O–H groups in total. The second kappa shape index (κ2) is 14.6. The van der Waals surface area contributed by atoms with Crippen molar-refractivity contribution in [3.05, 3.63) is 81.9 Å². The van der Waals surface area contributed by atoms with Gasteiger partial charge in [-0.1, -0.05) is 87.4 Å². The van der Waals surface area contributed by atoms with Gasteiger partial charge in [0.1, 0.15) is 5.82 Å². The number of hydrogen-bond donors (Lipinski definition) is 2. The van der Waals surface area contributed by atoms with Crippen molar-refractivity contribution in [1.29, 1.82) is 5.41 Å². The molecule has 2 aromatic rings. The van der Waals surface area contributed by atoms with Crippen molar-refractivity contribution in [3.63, 3.8) is 0 Å². The van der Waals surface area contributed by atoms with Crippen molar-refractivity contribution >= 4 is 22.9 Å². The molecular weight excluding hydrogens is 418 g/mol. The average Bonchev–Trinajstić information content (AvgIpc) is 3.10. The molecule has 0 spiro atoms. The van der Waals surface area contributed by atoms with Crippen LogP contribution < -0.4 is 0 Å². The van der Waals surface area contributed by atoms with Gasteiger partial charge in [0.15, 0.2) is 5.15 Å². The fourth-order valence-corrected chi connectivity index (χ4v) is 3.66. The van der Waals surface area contributed by atoms with Gasteiger partial charge < -0.3 is 15.1 Å². The Labute approximate surface area is 198 Å². The van der Waals surface area contributed by atoms with Crippen LogP contribution in [0, 0.1) is 5.41 Å². The van der Waals surface area contributed by atoms with E-state index >= 15 is 0 Å². The molecule has 0 aliphatic heterocycles. The lowest BCUT2D eigenvalue weighted by atomic mass is 9.97. The van der Waals surface area contributed by atoms with Crippen LogP contribution in [0.2, 0.25) is 5.15 Å². The third kappa shape index (κ3) is 7.61. The first-order valence-corrected chi connectivity index (χ1v) is 11.8. The number of halogens is 1. The molecule has 0 radical (unpaired) electrons. The first-order valence-electron chi connectivity index (χ1n) is 11.4. The first-order chi connectivity index (χ1) is 15.4. The SMILES string of the molecule is CC.C\C=C/C(=C\C=C(/C)c1ccccc1C(C)=N)Cn1c(CCCC)nc(Cl)c1CO. The van der Waals surface area contributed by atoms with Crippen LogP contribution in [0.4, 0.5) is 0 Å². The summed E-state index contributed by atoms with van der Waals surface area (Å²) >= 11 is 6.28. The summed E-state index contributed by atoms with van der Waals surface area (Å²) in [6, 6.07) is 7.98. The van der Waals surface area contributed by atoms with Crippen LogP contribution in [0.5, 0.6) is 0 Å². The minimum absolute atomic E-state index is 0.137. The van der Waals surface area contributed by atoms with Crippen molar-refractivity contribution < 1.29 is 5.11 Å². The van der Waals surface area contributed by atoms with Crippen LogP contribution in [0.15, 0.2) is 54.1 Å². The van der Waals surface area contributed by atoms with Gasteiger partial charge in [-0.05, 0) is 43.9 Å². The Hall–Kier alpha value is -2.43. The molecule has 1 aromatic carbocycles. The van der Waals surface area contributed by atoms with E-state index in [2.05, 4.69) is 37.1 Å². The van der Waals surface area contributed by atoms with Gasteiger partial charge in [0.25, 0.3) is 0 Å². The summed E-state index contributed by atoms with van der Waals surface area (Å²) in [4.78, 5) is 4.48. The number of imidazole rings is 1. The third-order valence-electron chi connectivity index (χ3n) is 5.03. The molecule has 0 saturated heterocycles. The maximum Gasteiger partial charge on any atom is 0.152 e. The number of benzene rings is 1. The smallest absolute Gasteiger partial charge is 0.152 e. The Kier molecular flexibility index (Phi) is 12.6. The van der Waals surface area contributed by atoms with E-state index in [1.165, 1.54) is 0 Å². The molecule has 0 aliphatic rings. The van der Waals surface area contributed by atoms with Gasteiger partial charge in [0.2, 0.25) is 0 Å². The Bertz CT molecular complexity index is 967. The Balaban J connectivity index is 0.00000249. The number of rotatable bonds is 10. The monoisotopic (exact) mass is 455 g/mol. The molecule has 5 heteroatoms. The summed E-state index contributed by atoms with van der Waals surface area (Å²) in [5, 5.41) is 18.2. The lowest BCUT2D eigenvalue weighted by Gasteiger charge is -2.12. The summed E-state index contributed by atoms with van der Waals surface area (Å²) in [5.74, 6) is 0.909. The molecule has 174 valence electrons. The summed E-state index contributed by atoms with van der Waals surface area (Å²) < 4.78 is 2.03. The number of aryl methyl sites for hydroxylation is 1. The predicted molar refractivity (Wildman–Crippen MR) is 139 cm³/mol. The molecule has 1 aromatic heterocycles. The Morgan fingerprint density at radius 3 is 2.38 bits per heavy atom. The van der Waals surface area contributed by atoms with Crippen LogP contribution in [0.25, 0.3) is 5.57 Å². The van der Waals surface area contributed by atoms with Crippen molar-refractivity contribution in [3.8, 4) is 0 Å². The van der Waals surface area contributed by atoms with Gasteiger partial charge in [-0.15, -0.1) is 0 Å². The second-order valence-electron chi connectivity index (χ2n) is 7.38. The van der Waals surface area contributed by atoms with Crippen molar-refractivity contribution in [1.82, 2.24) is 9.55 Å². The number of aliphatic hydroxyl groups excluding tert-OH is 1. The fourth-order valence-electron chi connectivity index (χ4n) is 3.40. The van der Waals surface area contributed by atoms with Crippen LogP contribution in [-0.2, 0) is 19.6 Å². The van der Waals surface area contributed by atoms with Crippen molar-refractivity contribution in [2.24, 2.45) is 0 Å². The van der Waals surface area contributed by atoms with E-state index in [9.17, 15) is 5.11 Å². The van der Waals surface area contributed by atoms with Crippen LogP contribution in [0.3, 0.4) is 0 Å². The number of unbranched alkanes of at least 4 members (excludes halogenated alkanes) is 1. The third-order valence-corrected chi connectivity index (χ3v) is 5.33. The van der Waals surface area contributed by atoms with E-state index < -0.39 is 0 Å². The maximum atomic E-state index is 9.82. The largest absolute Gasteiger partial charge is 0.390 e. The fraction of sp³-hybridized carbons (Fsp3) is 0.407. The van der Waals surface area contributed by atoms with Crippen LogP contribution in [-0.4, -0.2) is 20.4 Å². The number of nitrogens with zero attached hydrogens (tertiary/aromatic N) is 2. The van der Waals surface area contributed by atoms with E-state index in [0.717, 1.165) is 47.4 Å². The average molecular weight is 456 g/mol. The number of nitrogens with one attached hydrogen (secondary N) is 1. The van der Waals surface area contributed by atoms with E-state index in [4.69, 9.17) is 17.0 Å². The molecular formula is C27H38ClN3O. The maximum absolute atomic E-state index is 9.82. The molecule has 0 fully saturated rings. The molecule has 0 bridgehead atoms. The molecule has 32 heavy (non-hydrogen) atoms. The molecule has 4 nitrogen and oxygen atoms in total. The van der Waals surface area contributed by atoms with Gasteiger partial charge in [0, 0.05) is 24.2 Å². The van der Waals surface area contributed by atoms with Crippen LogP contribution in [0.1, 0.15) is 77.0 Å². The lowest BCUT2D eigenvalue weighted by molar-refractivity contribution is 0.271. The molecule has 0 unspecified atom stereocenters. The Morgan fingerprint density at radius 2 is 1.81 bits per heavy atom. The summed E-state index contributed by atoms with van der Waals surface area (Å²) in [5.41, 5.74) is 5.39. The van der Waals surface area contributed by atoms with Gasteiger partial charge in [-0.3, -0.25) is 0 Å². The lowest BCUT2D eigenvalue weighted by Crippen LogP contribution is -2.09. The molecule has 0 atom stereocenters. The van der Waals surface area contributed by atoms with E-state index in [0.29, 0.717) is 23.1 Å². The van der Waals surface area contributed by atoms with E-state index in [1.807, 2.05) is 62.6 Å². The summed E-state index contributed by atoms with van der Waals surface area (Å²) in [7, 11) is 0. The van der Waals surface area contributed by atoms with Crippen LogP contribution >= 0.6 is 11.6 Å². The zero-order valence-corrected chi connectivity index (χ0v) is 21.1. The minimum atomic E-state index is -0.137. The molecule has 0 aliphatic carbocycles. The zero-order chi connectivity index (χ0) is 24.1. The first kappa shape index (κ1) is 27.6. The van der Waals surface area contributed by atoms with E-state index in [1.54, 1.807) is 0 Å². The van der Waals surface area contributed by atoms with E-state index in [-0.39, 0.29) is 6.61 Å². The highest BCUT2D eigenvalue weighted by Crippen LogP contribution is 2.23. The summed E-state index contributed by atoms with van der Waals surface area (Å²) in [6.07, 6.45) is 11.2. The van der Waals surface area contributed by atoms with Gasteiger partial charge in [-0.25, -0.2) is 4.98 Å². The van der Waals surface area contributed by atoms with Crippen molar-refractivity contribution in [2.45, 2.75) is 74.0 Å². The molecule has 2 rings (SSSR count). The normalized spacial score (nSPS) is 12.1. The number of aromatic nitrogens is 2. The number of hydrogen-bond acceptors (Lipinski definition) is 3. The molecule has 0 amide bonds. The number of aliphatic hydroxyl groups is 1. The number of allylic oxidation sites excluding steroid dienone is 6. The summed E-state index contributed by atoms with van der Waals surface area (Å²) in [6.45, 7) is 12.5. The quantitative estimate of drug-likeness (QED) is 0.289. The van der Waals surface area contributed by atoms with Gasteiger partial charge in [0.05, 0.1) is 12.3 Å². The highest BCUT2D eigenvalue weighted by atomic mass is 35.5. The highest BCUT2D eigenvalue weighted by Gasteiger charge is 2.15. The predicted octanol–water partition coefficient (Wildman–Crippen LogP) is 7.39. The Morgan fingerprint density at radius 1 is 1.16 bits per heavy atom.